The third-order valence-electron chi connectivity index (χ3n) is 9.84. The maximum Gasteiger partial charge on any atom is 0.164 e. The van der Waals surface area contributed by atoms with E-state index in [4.69, 9.17) is 24.1 Å². The second kappa shape index (κ2) is 10.7. The summed E-state index contributed by atoms with van der Waals surface area (Å²) in [6, 6.07) is 53.8. The normalized spacial score (nSPS) is 12.1. The monoisotopic (exact) mass is 654 g/mol. The van der Waals surface area contributed by atoms with Gasteiger partial charge in [-0.05, 0) is 65.7 Å². The summed E-state index contributed by atoms with van der Waals surface area (Å²) in [5.41, 5.74) is 9.87. The van der Waals surface area contributed by atoms with Crippen LogP contribution >= 0.6 is 0 Å². The lowest BCUT2D eigenvalue weighted by atomic mass is 9.97. The highest BCUT2D eigenvalue weighted by Crippen LogP contribution is 2.46. The molecule has 10 aromatic rings. The summed E-state index contributed by atoms with van der Waals surface area (Å²) < 4.78 is 15.1. The zero-order valence-electron chi connectivity index (χ0n) is 27.1. The van der Waals surface area contributed by atoms with Crippen molar-refractivity contribution in [3.63, 3.8) is 0 Å². The number of rotatable bonds is 4. The van der Waals surface area contributed by atoms with Gasteiger partial charge >= 0.3 is 0 Å². The van der Waals surface area contributed by atoms with E-state index in [1.807, 2.05) is 97.1 Å². The van der Waals surface area contributed by atoms with Gasteiger partial charge in [0.15, 0.2) is 29.0 Å². The zero-order valence-corrected chi connectivity index (χ0v) is 27.1. The van der Waals surface area contributed by atoms with E-state index in [0.29, 0.717) is 17.5 Å². The number of hydrogen-bond donors (Lipinski definition) is 0. The van der Waals surface area contributed by atoms with Gasteiger partial charge in [-0.1, -0.05) is 103 Å². The number of ether oxygens (including phenoxy) is 1. The van der Waals surface area contributed by atoms with Crippen LogP contribution in [-0.4, -0.2) is 19.5 Å². The van der Waals surface area contributed by atoms with Crippen LogP contribution in [0.5, 0.6) is 11.5 Å². The Balaban J connectivity index is 1.11. The third kappa shape index (κ3) is 4.26. The molecule has 0 radical (unpaired) electrons. The van der Waals surface area contributed by atoms with Gasteiger partial charge in [0.1, 0.15) is 11.2 Å². The molecule has 0 N–H and O–H groups in total. The predicted octanol–water partition coefficient (Wildman–Crippen LogP) is 11.6. The fourth-order valence-corrected chi connectivity index (χ4v) is 7.53. The SMILES string of the molecule is c1ccc(-c2nc(-c3ccccc3)nc(-c3ccc4oc5cccc(-c6ccc7c(c6)c6cccc8c6n7-c6ccccc6O8)c5c4c3)n2)cc1. The van der Waals surface area contributed by atoms with Crippen molar-refractivity contribution in [2.45, 2.75) is 0 Å². The molecule has 1 aliphatic rings. The van der Waals surface area contributed by atoms with Gasteiger partial charge in [-0.3, -0.25) is 0 Å². The summed E-state index contributed by atoms with van der Waals surface area (Å²) in [5.74, 6) is 3.59. The lowest BCUT2D eigenvalue weighted by Gasteiger charge is -2.20. The Kier molecular flexibility index (Phi) is 5.86. The van der Waals surface area contributed by atoms with Crippen LogP contribution in [0, 0.1) is 0 Å². The van der Waals surface area contributed by atoms with Crippen LogP contribution in [0.2, 0.25) is 0 Å². The topological polar surface area (TPSA) is 66.0 Å². The van der Waals surface area contributed by atoms with Gasteiger partial charge in [-0.15, -0.1) is 0 Å². The van der Waals surface area contributed by atoms with Crippen molar-refractivity contribution in [2.75, 3.05) is 0 Å². The van der Waals surface area contributed by atoms with Gasteiger partial charge in [0, 0.05) is 38.2 Å². The van der Waals surface area contributed by atoms with Crippen molar-refractivity contribution in [1.82, 2.24) is 19.5 Å². The summed E-state index contributed by atoms with van der Waals surface area (Å²) in [7, 11) is 0. The van der Waals surface area contributed by atoms with Crippen LogP contribution in [-0.2, 0) is 0 Å². The van der Waals surface area contributed by atoms with Gasteiger partial charge in [0.05, 0.1) is 16.7 Å². The maximum atomic E-state index is 6.46. The van der Waals surface area contributed by atoms with E-state index in [-0.39, 0.29) is 0 Å². The summed E-state index contributed by atoms with van der Waals surface area (Å²) in [6.45, 7) is 0. The van der Waals surface area contributed by atoms with Crippen LogP contribution < -0.4 is 4.74 Å². The first kappa shape index (κ1) is 27.9. The number of nitrogens with zero attached hydrogens (tertiary/aromatic N) is 4. The molecule has 0 saturated heterocycles. The van der Waals surface area contributed by atoms with Crippen molar-refractivity contribution in [2.24, 2.45) is 0 Å². The average molecular weight is 655 g/mol. The molecule has 3 aromatic heterocycles. The number of aromatic nitrogens is 4. The number of fused-ring (bicyclic) bond motifs is 8. The average Bonchev–Trinajstić information content (AvgIpc) is 3.75. The smallest absolute Gasteiger partial charge is 0.164 e. The van der Waals surface area contributed by atoms with E-state index >= 15 is 0 Å². The molecule has 0 aliphatic carbocycles. The third-order valence-corrected chi connectivity index (χ3v) is 9.84. The van der Waals surface area contributed by atoms with Crippen LogP contribution in [0.25, 0.3) is 94.7 Å². The Hall–Kier alpha value is -7.05. The number of para-hydroxylation sites is 3. The van der Waals surface area contributed by atoms with Crippen LogP contribution in [0.1, 0.15) is 0 Å². The predicted molar refractivity (Wildman–Crippen MR) is 203 cm³/mol. The molecule has 7 aromatic carbocycles. The van der Waals surface area contributed by atoms with Gasteiger partial charge in [0.25, 0.3) is 0 Å². The lowest BCUT2D eigenvalue weighted by molar-refractivity contribution is 0.476. The Morgan fingerprint density at radius 1 is 0.431 bits per heavy atom. The first-order valence-electron chi connectivity index (χ1n) is 16.9. The molecule has 0 bridgehead atoms. The fourth-order valence-electron chi connectivity index (χ4n) is 7.53. The molecule has 1 aliphatic heterocycles. The highest BCUT2D eigenvalue weighted by Gasteiger charge is 2.24. The number of furan rings is 1. The molecular weight excluding hydrogens is 629 g/mol. The van der Waals surface area contributed by atoms with Gasteiger partial charge < -0.3 is 13.7 Å². The summed E-state index contributed by atoms with van der Waals surface area (Å²) in [6.07, 6.45) is 0. The van der Waals surface area contributed by atoms with Crippen molar-refractivity contribution >= 4 is 43.7 Å². The quantitative estimate of drug-likeness (QED) is 0.189. The van der Waals surface area contributed by atoms with Crippen molar-refractivity contribution in [3.8, 4) is 62.5 Å². The van der Waals surface area contributed by atoms with E-state index < -0.39 is 0 Å². The molecule has 11 rings (SSSR count). The zero-order chi connectivity index (χ0) is 33.5. The van der Waals surface area contributed by atoms with Gasteiger partial charge in [-0.25, -0.2) is 15.0 Å². The van der Waals surface area contributed by atoms with E-state index in [9.17, 15) is 0 Å². The molecule has 6 heteroatoms. The first-order valence-corrected chi connectivity index (χ1v) is 16.9. The summed E-state index contributed by atoms with van der Waals surface area (Å²) in [5, 5.41) is 4.38. The first-order chi connectivity index (χ1) is 25.3. The molecule has 6 nitrogen and oxygen atoms in total. The second-order valence-electron chi connectivity index (χ2n) is 12.8. The summed E-state index contributed by atoms with van der Waals surface area (Å²) in [4.78, 5) is 14.9. The van der Waals surface area contributed by atoms with Crippen molar-refractivity contribution in [3.05, 3.63) is 158 Å². The second-order valence-corrected chi connectivity index (χ2v) is 12.8. The largest absolute Gasteiger partial charge is 0.456 e. The van der Waals surface area contributed by atoms with Crippen LogP contribution in [0.15, 0.2) is 162 Å². The molecule has 0 saturated carbocycles. The molecule has 51 heavy (non-hydrogen) atoms. The van der Waals surface area contributed by atoms with E-state index in [2.05, 4.69) is 65.2 Å². The van der Waals surface area contributed by atoms with E-state index in [1.165, 1.54) is 5.39 Å². The lowest BCUT2D eigenvalue weighted by Crippen LogP contribution is -2.03. The minimum absolute atomic E-state index is 0.606. The minimum Gasteiger partial charge on any atom is -0.456 e. The fraction of sp³-hybridized carbons (Fsp3) is 0. The Bertz CT molecular complexity index is 2940. The van der Waals surface area contributed by atoms with Crippen molar-refractivity contribution in [1.29, 1.82) is 0 Å². The number of hydrogen-bond acceptors (Lipinski definition) is 5. The van der Waals surface area contributed by atoms with E-state index in [1.54, 1.807) is 0 Å². The molecule has 0 atom stereocenters. The molecular formula is C45H26N4O2. The van der Waals surface area contributed by atoms with Gasteiger partial charge in [-0.2, -0.15) is 0 Å². The molecule has 238 valence electrons. The summed E-state index contributed by atoms with van der Waals surface area (Å²) >= 11 is 0. The Morgan fingerprint density at radius 2 is 1.08 bits per heavy atom. The highest BCUT2D eigenvalue weighted by molar-refractivity contribution is 6.16. The Labute approximate surface area is 291 Å². The molecule has 4 heterocycles. The maximum absolute atomic E-state index is 6.46. The highest BCUT2D eigenvalue weighted by atomic mass is 16.5. The van der Waals surface area contributed by atoms with E-state index in [0.717, 1.165) is 83.4 Å². The van der Waals surface area contributed by atoms with Crippen molar-refractivity contribution < 1.29 is 9.15 Å². The minimum atomic E-state index is 0.606. The van der Waals surface area contributed by atoms with Crippen LogP contribution in [0.3, 0.4) is 0 Å². The molecule has 0 spiro atoms. The molecule has 0 unspecified atom stereocenters. The molecule has 0 fully saturated rings. The number of benzene rings is 7. The molecule has 0 amide bonds. The van der Waals surface area contributed by atoms with Crippen LogP contribution in [0.4, 0.5) is 0 Å². The standard InChI is InChI=1S/C45H26N4O2/c1-3-11-27(12-4-1)43-46-44(28-13-5-2-6-14-28)48-45(47-43)30-22-24-37-34(26-30)41-31(15-9-19-39(41)50-37)29-21-23-35-33(25-29)32-16-10-20-40-42(32)49(35)36-17-7-8-18-38(36)51-40/h1-26H. The van der Waals surface area contributed by atoms with Gasteiger partial charge in [0.2, 0.25) is 0 Å². The Morgan fingerprint density at radius 3 is 1.86 bits per heavy atom.